The van der Waals surface area contributed by atoms with Gasteiger partial charge in [-0.25, -0.2) is 9.97 Å². The van der Waals surface area contributed by atoms with Crippen molar-refractivity contribution in [3.63, 3.8) is 0 Å². The number of anilines is 1. The molecular formula is C24H25N5O2. The topological polar surface area (TPSA) is 87.3 Å². The van der Waals surface area contributed by atoms with Crippen LogP contribution in [0.15, 0.2) is 34.9 Å². The second-order valence-electron chi connectivity index (χ2n) is 8.78. The van der Waals surface area contributed by atoms with E-state index in [9.17, 15) is 5.11 Å². The van der Waals surface area contributed by atoms with Crippen molar-refractivity contribution in [1.29, 1.82) is 0 Å². The highest BCUT2D eigenvalue weighted by molar-refractivity contribution is 5.89. The standard InChI is InChI=1S/C24H25N5O2/c1-13-23-22(31-14(2)26-23)10-18(24(13)30)21-11-25-20-9-17(5-6-19(20)28-21)29-8-7-16(12-29)27-15-3-4-15/h5-6,9-11,15-16,27,30H,3-4,7-8,12H2,1-2H3/t16-/m0/s1. The van der Waals surface area contributed by atoms with Gasteiger partial charge in [0.2, 0.25) is 0 Å². The number of nitrogens with zero attached hydrogens (tertiary/aromatic N) is 4. The molecule has 1 aliphatic heterocycles. The summed E-state index contributed by atoms with van der Waals surface area (Å²) in [5.41, 5.74) is 6.07. The van der Waals surface area contributed by atoms with Gasteiger partial charge in [0.25, 0.3) is 0 Å². The van der Waals surface area contributed by atoms with E-state index in [1.54, 1.807) is 19.2 Å². The lowest BCUT2D eigenvalue weighted by Gasteiger charge is -2.19. The average molecular weight is 415 g/mol. The summed E-state index contributed by atoms with van der Waals surface area (Å²) >= 11 is 0. The maximum absolute atomic E-state index is 10.7. The molecule has 0 spiro atoms. The van der Waals surface area contributed by atoms with Gasteiger partial charge in [0.1, 0.15) is 11.3 Å². The molecule has 2 fully saturated rings. The van der Waals surface area contributed by atoms with E-state index in [2.05, 4.69) is 32.3 Å². The SMILES string of the molecule is Cc1nc2c(C)c(O)c(-c3cnc4cc(N5CC[C@H](NC6CC6)C5)ccc4n3)cc2o1. The van der Waals surface area contributed by atoms with E-state index in [0.29, 0.717) is 39.9 Å². The van der Waals surface area contributed by atoms with E-state index >= 15 is 0 Å². The maximum atomic E-state index is 10.7. The van der Waals surface area contributed by atoms with Gasteiger partial charge in [0.15, 0.2) is 11.5 Å². The van der Waals surface area contributed by atoms with Crippen LogP contribution < -0.4 is 10.2 Å². The van der Waals surface area contributed by atoms with E-state index < -0.39 is 0 Å². The molecule has 7 heteroatoms. The Bertz CT molecular complexity index is 1310. The molecule has 1 atom stereocenters. The lowest BCUT2D eigenvalue weighted by Crippen LogP contribution is -2.33. The number of hydrogen-bond donors (Lipinski definition) is 2. The average Bonchev–Trinajstić information content (AvgIpc) is 3.32. The Balaban J connectivity index is 1.32. The van der Waals surface area contributed by atoms with Gasteiger partial charge in [-0.3, -0.25) is 4.98 Å². The molecule has 1 saturated heterocycles. The fraction of sp³-hybridized carbons (Fsp3) is 0.375. The minimum atomic E-state index is 0.164. The summed E-state index contributed by atoms with van der Waals surface area (Å²) in [5.74, 6) is 0.737. The van der Waals surface area contributed by atoms with Crippen molar-refractivity contribution in [2.45, 2.75) is 45.2 Å². The number of aromatic hydroxyl groups is 1. The largest absolute Gasteiger partial charge is 0.507 e. The van der Waals surface area contributed by atoms with E-state index in [4.69, 9.17) is 9.40 Å². The van der Waals surface area contributed by atoms with E-state index in [1.807, 2.05) is 13.0 Å². The monoisotopic (exact) mass is 415 g/mol. The third-order valence-electron chi connectivity index (χ3n) is 6.41. The summed E-state index contributed by atoms with van der Waals surface area (Å²) in [6, 6.07) is 9.36. The second-order valence-corrected chi connectivity index (χ2v) is 8.78. The highest BCUT2D eigenvalue weighted by atomic mass is 16.3. The fourth-order valence-corrected chi connectivity index (χ4v) is 4.56. The van der Waals surface area contributed by atoms with Crippen LogP contribution in [0.4, 0.5) is 5.69 Å². The van der Waals surface area contributed by atoms with Crippen molar-refractivity contribution in [2.24, 2.45) is 0 Å². The summed E-state index contributed by atoms with van der Waals surface area (Å²) in [4.78, 5) is 16.2. The Labute approximate surface area is 180 Å². The first-order chi connectivity index (χ1) is 15.0. The molecular weight excluding hydrogens is 390 g/mol. The van der Waals surface area contributed by atoms with Crippen LogP contribution >= 0.6 is 0 Å². The zero-order valence-corrected chi connectivity index (χ0v) is 17.7. The molecule has 4 aromatic rings. The number of rotatable bonds is 4. The molecule has 3 heterocycles. The van der Waals surface area contributed by atoms with Crippen LogP contribution in [0, 0.1) is 13.8 Å². The van der Waals surface area contributed by atoms with Gasteiger partial charge in [-0.05, 0) is 50.5 Å². The molecule has 0 amide bonds. The van der Waals surface area contributed by atoms with Gasteiger partial charge in [-0.2, -0.15) is 0 Å². The molecule has 0 bridgehead atoms. The van der Waals surface area contributed by atoms with Crippen molar-refractivity contribution in [2.75, 3.05) is 18.0 Å². The van der Waals surface area contributed by atoms with E-state index in [1.165, 1.54) is 24.9 Å². The lowest BCUT2D eigenvalue weighted by atomic mass is 10.1. The number of aromatic nitrogens is 3. The van der Waals surface area contributed by atoms with E-state index in [-0.39, 0.29) is 5.75 Å². The van der Waals surface area contributed by atoms with Crippen molar-refractivity contribution in [1.82, 2.24) is 20.3 Å². The number of phenolic OH excluding ortho intramolecular Hbond substituents is 1. The number of benzene rings is 2. The highest BCUT2D eigenvalue weighted by Crippen LogP contribution is 2.37. The first-order valence-corrected chi connectivity index (χ1v) is 10.9. The highest BCUT2D eigenvalue weighted by Gasteiger charge is 2.29. The molecule has 0 unspecified atom stereocenters. The van der Waals surface area contributed by atoms with Gasteiger partial charge in [-0.1, -0.05) is 0 Å². The molecule has 6 rings (SSSR count). The molecule has 158 valence electrons. The maximum Gasteiger partial charge on any atom is 0.192 e. The molecule has 7 nitrogen and oxygen atoms in total. The van der Waals surface area contributed by atoms with Crippen LogP contribution in [0.25, 0.3) is 33.4 Å². The summed E-state index contributed by atoms with van der Waals surface area (Å²) < 4.78 is 5.68. The minimum Gasteiger partial charge on any atom is -0.507 e. The molecule has 1 saturated carbocycles. The predicted octanol–water partition coefficient (Wildman–Crippen LogP) is 4.09. The fourth-order valence-electron chi connectivity index (χ4n) is 4.56. The Morgan fingerprint density at radius 2 is 1.94 bits per heavy atom. The zero-order valence-electron chi connectivity index (χ0n) is 17.7. The second kappa shape index (κ2) is 6.92. The molecule has 2 aromatic carbocycles. The summed E-state index contributed by atoms with van der Waals surface area (Å²) in [6.45, 7) is 5.74. The quantitative estimate of drug-likeness (QED) is 0.519. The van der Waals surface area contributed by atoms with Crippen LogP contribution in [0.3, 0.4) is 0 Å². The smallest absolute Gasteiger partial charge is 0.192 e. The third-order valence-corrected chi connectivity index (χ3v) is 6.41. The number of nitrogens with one attached hydrogen (secondary N) is 1. The van der Waals surface area contributed by atoms with Crippen LogP contribution in [-0.2, 0) is 0 Å². The summed E-state index contributed by atoms with van der Waals surface area (Å²) in [6.07, 6.45) is 5.55. The van der Waals surface area contributed by atoms with Gasteiger partial charge >= 0.3 is 0 Å². The Morgan fingerprint density at radius 3 is 2.77 bits per heavy atom. The molecule has 1 aliphatic carbocycles. The first kappa shape index (κ1) is 18.6. The van der Waals surface area contributed by atoms with Gasteiger partial charge in [0, 0.05) is 48.9 Å². The van der Waals surface area contributed by atoms with Gasteiger partial charge in [-0.15, -0.1) is 0 Å². The number of oxazole rings is 1. The van der Waals surface area contributed by atoms with Crippen LogP contribution in [0.5, 0.6) is 5.75 Å². The van der Waals surface area contributed by atoms with Gasteiger partial charge < -0.3 is 19.7 Å². The van der Waals surface area contributed by atoms with E-state index in [0.717, 1.165) is 30.2 Å². The van der Waals surface area contributed by atoms with Crippen LogP contribution in [0.2, 0.25) is 0 Å². The van der Waals surface area contributed by atoms with Crippen LogP contribution in [-0.4, -0.2) is 45.2 Å². The Kier molecular flexibility index (Phi) is 4.14. The molecule has 31 heavy (non-hydrogen) atoms. The molecule has 0 radical (unpaired) electrons. The van der Waals surface area contributed by atoms with Crippen molar-refractivity contribution in [3.8, 4) is 17.0 Å². The number of hydrogen-bond acceptors (Lipinski definition) is 7. The zero-order chi connectivity index (χ0) is 21.1. The van der Waals surface area contributed by atoms with Gasteiger partial charge in [0.05, 0.1) is 22.9 Å². The third kappa shape index (κ3) is 3.29. The number of aryl methyl sites for hydroxylation is 2. The molecule has 2 aromatic heterocycles. The molecule has 2 N–H and O–H groups in total. The summed E-state index contributed by atoms with van der Waals surface area (Å²) in [7, 11) is 0. The number of fused-ring (bicyclic) bond motifs is 2. The Morgan fingerprint density at radius 1 is 1.06 bits per heavy atom. The van der Waals surface area contributed by atoms with Crippen molar-refractivity contribution >= 4 is 27.8 Å². The number of phenols is 1. The summed E-state index contributed by atoms with van der Waals surface area (Å²) in [5, 5.41) is 14.5. The lowest BCUT2D eigenvalue weighted by molar-refractivity contribution is 0.473. The minimum absolute atomic E-state index is 0.164. The Hall–Kier alpha value is -3.19. The first-order valence-electron chi connectivity index (χ1n) is 10.9. The predicted molar refractivity (Wildman–Crippen MR) is 120 cm³/mol. The van der Waals surface area contributed by atoms with Crippen molar-refractivity contribution in [3.05, 3.63) is 41.9 Å². The van der Waals surface area contributed by atoms with Crippen LogP contribution in [0.1, 0.15) is 30.7 Å². The normalized spacial score (nSPS) is 19.0. The van der Waals surface area contributed by atoms with Crippen molar-refractivity contribution < 1.29 is 9.52 Å². The molecule has 2 aliphatic rings.